The number of halogens is 1. The quantitative estimate of drug-likeness (QED) is 0.747. The van der Waals surface area contributed by atoms with Gasteiger partial charge in [-0.1, -0.05) is 15.9 Å². The van der Waals surface area contributed by atoms with Crippen molar-refractivity contribution in [3.05, 3.63) is 34.8 Å². The van der Waals surface area contributed by atoms with Crippen LogP contribution in [0.5, 0.6) is 0 Å². The average Bonchev–Trinajstić information content (AvgIpc) is 2.74. The third-order valence-electron chi connectivity index (χ3n) is 2.16. The zero-order valence-corrected chi connectivity index (χ0v) is 10.2. The Morgan fingerprint density at radius 3 is 3.00 bits per heavy atom. The molecule has 0 radical (unpaired) electrons. The fourth-order valence-corrected chi connectivity index (χ4v) is 1.74. The molecule has 1 aromatic carbocycles. The highest BCUT2D eigenvalue weighted by Crippen LogP contribution is 2.22. The van der Waals surface area contributed by atoms with Crippen LogP contribution < -0.4 is 11.1 Å². The van der Waals surface area contributed by atoms with E-state index in [2.05, 4.69) is 36.4 Å². The van der Waals surface area contributed by atoms with Crippen LogP contribution in [0.2, 0.25) is 0 Å². The Kier molecular flexibility index (Phi) is 3.40. The van der Waals surface area contributed by atoms with Gasteiger partial charge in [-0.25, -0.2) is 4.98 Å². The van der Waals surface area contributed by atoms with E-state index in [0.717, 1.165) is 34.6 Å². The number of nitrogens with one attached hydrogen (secondary N) is 2. The van der Waals surface area contributed by atoms with E-state index in [1.54, 1.807) is 0 Å². The van der Waals surface area contributed by atoms with Gasteiger partial charge < -0.3 is 11.1 Å². The predicted molar refractivity (Wildman–Crippen MR) is 67.1 cm³/mol. The summed E-state index contributed by atoms with van der Waals surface area (Å²) in [6.45, 7) is 0.765. The number of aromatic amines is 1. The van der Waals surface area contributed by atoms with E-state index in [1.165, 1.54) is 6.33 Å². The maximum Gasteiger partial charge on any atom is 0.137 e. The maximum absolute atomic E-state index is 5.85. The predicted octanol–water partition coefficient (Wildman–Crippen LogP) is 1.80. The van der Waals surface area contributed by atoms with E-state index in [1.807, 2.05) is 18.2 Å². The van der Waals surface area contributed by atoms with Gasteiger partial charge in [-0.2, -0.15) is 5.10 Å². The Morgan fingerprint density at radius 2 is 2.31 bits per heavy atom. The van der Waals surface area contributed by atoms with Crippen molar-refractivity contribution in [3.8, 4) is 0 Å². The summed E-state index contributed by atoms with van der Waals surface area (Å²) in [6, 6.07) is 5.77. The molecule has 0 atom stereocenters. The minimum atomic E-state index is 0.729. The SMILES string of the molecule is Nc1cc(Br)ccc1NCCc1ncn[nH]1. The molecule has 0 aliphatic heterocycles. The minimum Gasteiger partial charge on any atom is -0.397 e. The molecule has 0 amide bonds. The molecular formula is C10H12BrN5. The second-order valence-corrected chi connectivity index (χ2v) is 4.26. The number of nitrogens with two attached hydrogens (primary N) is 1. The van der Waals surface area contributed by atoms with Gasteiger partial charge in [0, 0.05) is 17.4 Å². The molecule has 0 aliphatic carbocycles. The summed E-state index contributed by atoms with van der Waals surface area (Å²) in [5.41, 5.74) is 7.51. The van der Waals surface area contributed by atoms with Crippen LogP contribution in [0.4, 0.5) is 11.4 Å². The molecule has 2 aromatic rings. The Morgan fingerprint density at radius 1 is 1.44 bits per heavy atom. The van der Waals surface area contributed by atoms with Crippen LogP contribution in [0.25, 0.3) is 0 Å². The third kappa shape index (κ3) is 2.73. The third-order valence-corrected chi connectivity index (χ3v) is 2.65. The molecule has 0 saturated carbocycles. The van der Waals surface area contributed by atoms with E-state index in [4.69, 9.17) is 5.73 Å². The molecule has 6 heteroatoms. The van der Waals surface area contributed by atoms with Crippen molar-refractivity contribution >= 4 is 27.3 Å². The smallest absolute Gasteiger partial charge is 0.137 e. The number of nitrogen functional groups attached to an aromatic ring is 1. The van der Waals surface area contributed by atoms with Gasteiger partial charge in [0.15, 0.2) is 0 Å². The average molecular weight is 282 g/mol. The largest absolute Gasteiger partial charge is 0.397 e. The van der Waals surface area contributed by atoms with Crippen molar-refractivity contribution in [3.63, 3.8) is 0 Å². The zero-order valence-electron chi connectivity index (χ0n) is 8.57. The number of anilines is 2. The lowest BCUT2D eigenvalue weighted by Crippen LogP contribution is -2.07. The molecule has 1 aromatic heterocycles. The molecule has 0 aliphatic rings. The molecular weight excluding hydrogens is 270 g/mol. The highest BCUT2D eigenvalue weighted by Gasteiger charge is 2.00. The summed E-state index contributed by atoms with van der Waals surface area (Å²) in [5.74, 6) is 0.864. The van der Waals surface area contributed by atoms with E-state index >= 15 is 0 Å². The number of rotatable bonds is 4. The molecule has 0 saturated heterocycles. The second-order valence-electron chi connectivity index (χ2n) is 3.34. The van der Waals surface area contributed by atoms with Crippen LogP contribution in [-0.4, -0.2) is 21.7 Å². The van der Waals surface area contributed by atoms with Gasteiger partial charge in [-0.3, -0.25) is 5.10 Å². The van der Waals surface area contributed by atoms with E-state index in [9.17, 15) is 0 Å². The van der Waals surface area contributed by atoms with Gasteiger partial charge in [0.1, 0.15) is 12.2 Å². The molecule has 16 heavy (non-hydrogen) atoms. The van der Waals surface area contributed by atoms with Gasteiger partial charge in [0.2, 0.25) is 0 Å². The lowest BCUT2D eigenvalue weighted by Gasteiger charge is -2.08. The molecule has 1 heterocycles. The fourth-order valence-electron chi connectivity index (χ4n) is 1.36. The lowest BCUT2D eigenvalue weighted by molar-refractivity contribution is 0.901. The summed E-state index contributed by atoms with van der Waals surface area (Å²) in [6.07, 6.45) is 2.29. The highest BCUT2D eigenvalue weighted by atomic mass is 79.9. The molecule has 0 unspecified atom stereocenters. The highest BCUT2D eigenvalue weighted by molar-refractivity contribution is 9.10. The van der Waals surface area contributed by atoms with Crippen LogP contribution in [0.1, 0.15) is 5.82 Å². The summed E-state index contributed by atoms with van der Waals surface area (Å²) in [4.78, 5) is 4.04. The topological polar surface area (TPSA) is 79.6 Å². The number of aromatic nitrogens is 3. The van der Waals surface area contributed by atoms with Gasteiger partial charge in [-0.05, 0) is 18.2 Å². The number of hydrogen-bond donors (Lipinski definition) is 3. The molecule has 84 valence electrons. The van der Waals surface area contributed by atoms with E-state index < -0.39 is 0 Å². The summed E-state index contributed by atoms with van der Waals surface area (Å²) in [7, 11) is 0. The molecule has 0 bridgehead atoms. The van der Waals surface area contributed by atoms with Crippen LogP contribution in [0.3, 0.4) is 0 Å². The molecule has 0 fully saturated rings. The van der Waals surface area contributed by atoms with Crippen molar-refractivity contribution in [2.45, 2.75) is 6.42 Å². The number of hydrogen-bond acceptors (Lipinski definition) is 4. The monoisotopic (exact) mass is 281 g/mol. The number of benzene rings is 1. The van der Waals surface area contributed by atoms with Crippen molar-refractivity contribution in [2.75, 3.05) is 17.6 Å². The Bertz CT molecular complexity index is 454. The van der Waals surface area contributed by atoms with Gasteiger partial charge in [0.25, 0.3) is 0 Å². The van der Waals surface area contributed by atoms with Crippen molar-refractivity contribution < 1.29 is 0 Å². The van der Waals surface area contributed by atoms with E-state index in [0.29, 0.717) is 0 Å². The minimum absolute atomic E-state index is 0.729. The first-order chi connectivity index (χ1) is 7.75. The van der Waals surface area contributed by atoms with Gasteiger partial charge in [-0.15, -0.1) is 0 Å². The first-order valence-corrected chi connectivity index (χ1v) is 5.68. The van der Waals surface area contributed by atoms with Crippen LogP contribution in [-0.2, 0) is 6.42 Å². The maximum atomic E-state index is 5.85. The van der Waals surface area contributed by atoms with Crippen LogP contribution in [0.15, 0.2) is 29.0 Å². The molecule has 0 spiro atoms. The van der Waals surface area contributed by atoms with Crippen molar-refractivity contribution in [1.29, 1.82) is 0 Å². The fraction of sp³-hybridized carbons (Fsp3) is 0.200. The summed E-state index contributed by atoms with van der Waals surface area (Å²) < 4.78 is 0.978. The molecule has 4 N–H and O–H groups in total. The first-order valence-electron chi connectivity index (χ1n) is 4.89. The summed E-state index contributed by atoms with van der Waals surface area (Å²) in [5, 5.41) is 9.83. The summed E-state index contributed by atoms with van der Waals surface area (Å²) >= 11 is 3.36. The second kappa shape index (κ2) is 4.98. The molecule has 2 rings (SSSR count). The lowest BCUT2D eigenvalue weighted by atomic mass is 10.2. The zero-order chi connectivity index (χ0) is 11.4. The number of nitrogens with zero attached hydrogens (tertiary/aromatic N) is 2. The Hall–Kier alpha value is -1.56. The Labute approximate surface area is 102 Å². The Balaban J connectivity index is 1.90. The molecule has 5 nitrogen and oxygen atoms in total. The van der Waals surface area contributed by atoms with Crippen LogP contribution in [0, 0.1) is 0 Å². The van der Waals surface area contributed by atoms with E-state index in [-0.39, 0.29) is 0 Å². The normalized spacial score (nSPS) is 10.3. The standard InChI is InChI=1S/C10H12BrN5/c11-7-1-2-9(8(12)5-7)13-4-3-10-14-6-15-16-10/h1-2,5-6,13H,3-4,12H2,(H,14,15,16). The van der Waals surface area contributed by atoms with Crippen molar-refractivity contribution in [1.82, 2.24) is 15.2 Å². The van der Waals surface area contributed by atoms with Gasteiger partial charge >= 0.3 is 0 Å². The first kappa shape index (κ1) is 10.9. The van der Waals surface area contributed by atoms with Gasteiger partial charge in [0.05, 0.1) is 11.4 Å². The number of H-pyrrole nitrogens is 1. The van der Waals surface area contributed by atoms with Crippen LogP contribution >= 0.6 is 15.9 Å². The van der Waals surface area contributed by atoms with Crippen molar-refractivity contribution in [2.24, 2.45) is 0 Å².